The summed E-state index contributed by atoms with van der Waals surface area (Å²) < 4.78 is 6.62. The SMILES string of the molecule is C=C1/C=C\C=C/C/C=C(N2C3=CC=CCC3c3cc(C4(c5ccc6c7c(oc6c5)CCC=C7)c5ccccc5-c5ccccc54)ccc32)\C=C/1. The van der Waals surface area contributed by atoms with Gasteiger partial charge >= 0.3 is 0 Å². The second-order valence-corrected chi connectivity index (χ2v) is 13.9. The highest BCUT2D eigenvalue weighted by molar-refractivity contribution is 5.92. The summed E-state index contributed by atoms with van der Waals surface area (Å²) in [6.45, 7) is 4.25. The minimum Gasteiger partial charge on any atom is -0.460 e. The van der Waals surface area contributed by atoms with Crippen molar-refractivity contribution in [1.82, 2.24) is 0 Å². The van der Waals surface area contributed by atoms with E-state index in [0.717, 1.165) is 42.6 Å². The second kappa shape index (κ2) is 11.4. The third kappa shape index (κ3) is 4.21. The fourth-order valence-electron chi connectivity index (χ4n) is 9.05. The Morgan fingerprint density at radius 1 is 0.740 bits per heavy atom. The van der Waals surface area contributed by atoms with Crippen LogP contribution in [-0.4, -0.2) is 0 Å². The molecule has 1 atom stereocenters. The molecular weight excluding hydrogens is 607 g/mol. The molecule has 0 saturated heterocycles. The van der Waals surface area contributed by atoms with Crippen molar-refractivity contribution in [2.45, 2.75) is 37.0 Å². The summed E-state index contributed by atoms with van der Waals surface area (Å²) in [5, 5.41) is 1.20. The number of furan rings is 1. The maximum atomic E-state index is 6.62. The monoisotopic (exact) mass is 643 g/mol. The van der Waals surface area contributed by atoms with Gasteiger partial charge in [-0.3, -0.25) is 0 Å². The molecule has 0 N–H and O–H groups in total. The minimum atomic E-state index is -0.508. The van der Waals surface area contributed by atoms with Crippen molar-refractivity contribution in [2.24, 2.45) is 0 Å². The molecule has 0 bridgehead atoms. The molecule has 0 radical (unpaired) electrons. The van der Waals surface area contributed by atoms with Crippen LogP contribution in [0.25, 0.3) is 28.2 Å². The van der Waals surface area contributed by atoms with Crippen LogP contribution in [0, 0.1) is 0 Å². The third-order valence-electron chi connectivity index (χ3n) is 11.2. The molecule has 1 aromatic heterocycles. The molecule has 0 spiro atoms. The van der Waals surface area contributed by atoms with E-state index in [1.54, 1.807) is 0 Å². The fraction of sp³-hybridized carbons (Fsp3) is 0.125. The molecule has 5 aromatic rings. The van der Waals surface area contributed by atoms with E-state index in [-0.39, 0.29) is 5.92 Å². The van der Waals surface area contributed by atoms with E-state index in [1.807, 2.05) is 0 Å². The number of rotatable bonds is 3. The Morgan fingerprint density at radius 2 is 1.54 bits per heavy atom. The summed E-state index contributed by atoms with van der Waals surface area (Å²) in [4.78, 5) is 2.48. The quantitative estimate of drug-likeness (QED) is 0.191. The zero-order chi connectivity index (χ0) is 33.2. The number of allylic oxidation sites excluding steroid dienone is 13. The Labute approximate surface area is 293 Å². The zero-order valence-corrected chi connectivity index (χ0v) is 28.0. The van der Waals surface area contributed by atoms with Gasteiger partial charge in [-0.05, 0) is 88.1 Å². The van der Waals surface area contributed by atoms with Crippen LogP contribution in [0.15, 0.2) is 180 Å². The lowest BCUT2D eigenvalue weighted by molar-refractivity contribution is 0.545. The number of hydrogen-bond donors (Lipinski definition) is 0. The van der Waals surface area contributed by atoms with Crippen LogP contribution in [-0.2, 0) is 11.8 Å². The smallest absolute Gasteiger partial charge is 0.135 e. The summed E-state index contributed by atoms with van der Waals surface area (Å²) in [6.07, 6.45) is 30.3. The summed E-state index contributed by atoms with van der Waals surface area (Å²) in [6, 6.07) is 32.3. The summed E-state index contributed by atoms with van der Waals surface area (Å²) in [5.41, 5.74) is 15.6. The van der Waals surface area contributed by atoms with Crippen LogP contribution < -0.4 is 4.90 Å². The Kier molecular flexibility index (Phi) is 6.61. The lowest BCUT2D eigenvalue weighted by atomic mass is 9.67. The van der Waals surface area contributed by atoms with E-state index in [0.29, 0.717) is 0 Å². The van der Waals surface area contributed by atoms with Crippen LogP contribution in [0.1, 0.15) is 64.3 Å². The van der Waals surface area contributed by atoms with Gasteiger partial charge in [0.25, 0.3) is 0 Å². The van der Waals surface area contributed by atoms with Gasteiger partial charge in [0.1, 0.15) is 11.3 Å². The van der Waals surface area contributed by atoms with Gasteiger partial charge in [-0.2, -0.15) is 0 Å². The number of benzene rings is 4. The normalized spacial score (nSPS) is 22.4. The van der Waals surface area contributed by atoms with Crippen molar-refractivity contribution >= 4 is 22.7 Å². The fourth-order valence-corrected chi connectivity index (χ4v) is 9.05. The van der Waals surface area contributed by atoms with Crippen molar-refractivity contribution in [1.29, 1.82) is 0 Å². The predicted molar refractivity (Wildman–Crippen MR) is 207 cm³/mol. The molecule has 4 aliphatic carbocycles. The molecule has 2 heterocycles. The average molecular weight is 644 g/mol. The van der Waals surface area contributed by atoms with Crippen LogP contribution in [0.2, 0.25) is 0 Å². The first-order valence-corrected chi connectivity index (χ1v) is 17.9. The van der Waals surface area contributed by atoms with Gasteiger partial charge in [-0.1, -0.05) is 140 Å². The third-order valence-corrected chi connectivity index (χ3v) is 11.2. The highest BCUT2D eigenvalue weighted by Crippen LogP contribution is 2.58. The van der Waals surface area contributed by atoms with Crippen molar-refractivity contribution in [3.63, 3.8) is 0 Å². The van der Waals surface area contributed by atoms with Crippen LogP contribution >= 0.6 is 0 Å². The van der Waals surface area contributed by atoms with Gasteiger partial charge in [0, 0.05) is 40.4 Å². The average Bonchev–Trinajstić information content (AvgIpc) is 3.80. The van der Waals surface area contributed by atoms with Crippen molar-refractivity contribution in [3.05, 3.63) is 214 Å². The van der Waals surface area contributed by atoms with Gasteiger partial charge in [0.05, 0.1) is 5.41 Å². The van der Waals surface area contributed by atoms with Crippen LogP contribution in [0.5, 0.6) is 0 Å². The first-order valence-electron chi connectivity index (χ1n) is 17.9. The van der Waals surface area contributed by atoms with Crippen LogP contribution in [0.4, 0.5) is 5.69 Å². The van der Waals surface area contributed by atoms with Crippen molar-refractivity contribution in [2.75, 3.05) is 4.90 Å². The number of nitrogens with zero attached hydrogens (tertiary/aromatic N) is 1. The number of aryl methyl sites for hydroxylation is 1. The zero-order valence-electron chi connectivity index (χ0n) is 28.0. The van der Waals surface area contributed by atoms with E-state index in [4.69, 9.17) is 4.42 Å². The molecule has 50 heavy (non-hydrogen) atoms. The summed E-state index contributed by atoms with van der Waals surface area (Å²) in [5.74, 6) is 1.37. The Balaban J connectivity index is 1.21. The molecule has 0 amide bonds. The van der Waals surface area contributed by atoms with Crippen molar-refractivity contribution < 1.29 is 4.42 Å². The van der Waals surface area contributed by atoms with Crippen LogP contribution in [0.3, 0.4) is 0 Å². The predicted octanol–water partition coefficient (Wildman–Crippen LogP) is 12.0. The largest absolute Gasteiger partial charge is 0.460 e. The Hall–Kier alpha value is -5.86. The number of anilines is 1. The standard InChI is InChI=1S/C48H37NO/c1-32-14-4-2-3-5-15-35(27-24-32)49-44-22-12-8-18-38(44)41-30-33(26-29-45(41)49)48(42-20-10-6-16-36(42)37-17-7-11-21-43(37)48)34-25-28-40-39-19-9-13-23-46(39)50-47(40)31-34/h2-4,6-12,14-17,19-22,24-31,38H,1,5,13,18,23H2/b3-2-,14-4-,27-24-,35-15+. The molecule has 5 aliphatic rings. The highest BCUT2D eigenvalue weighted by atomic mass is 16.3. The van der Waals surface area contributed by atoms with Gasteiger partial charge in [-0.25, -0.2) is 0 Å². The first kappa shape index (κ1) is 29.1. The van der Waals surface area contributed by atoms with Gasteiger partial charge < -0.3 is 9.32 Å². The molecule has 10 rings (SSSR count). The molecule has 1 aliphatic heterocycles. The van der Waals surface area contributed by atoms with E-state index in [1.165, 1.54) is 67.0 Å². The maximum Gasteiger partial charge on any atom is 0.135 e. The number of hydrogen-bond acceptors (Lipinski definition) is 2. The van der Waals surface area contributed by atoms with E-state index in [2.05, 4.69) is 169 Å². The molecule has 0 saturated carbocycles. The molecule has 1 unspecified atom stereocenters. The summed E-state index contributed by atoms with van der Waals surface area (Å²) >= 11 is 0. The summed E-state index contributed by atoms with van der Waals surface area (Å²) in [7, 11) is 0. The van der Waals surface area contributed by atoms with Gasteiger partial charge in [-0.15, -0.1) is 0 Å². The highest BCUT2D eigenvalue weighted by Gasteiger charge is 2.47. The lowest BCUT2D eigenvalue weighted by Gasteiger charge is -2.34. The molecule has 4 aromatic carbocycles. The Bertz CT molecular complexity index is 2420. The number of fused-ring (bicyclic) bond motifs is 9. The van der Waals surface area contributed by atoms with Gasteiger partial charge in [0.2, 0.25) is 0 Å². The minimum absolute atomic E-state index is 0.272. The van der Waals surface area contributed by atoms with E-state index < -0.39 is 5.41 Å². The Morgan fingerprint density at radius 3 is 2.40 bits per heavy atom. The maximum absolute atomic E-state index is 6.62. The molecule has 0 fully saturated rings. The molecular formula is C48H37NO. The van der Waals surface area contributed by atoms with E-state index >= 15 is 0 Å². The second-order valence-electron chi connectivity index (χ2n) is 13.9. The van der Waals surface area contributed by atoms with Gasteiger partial charge in [0.15, 0.2) is 0 Å². The molecule has 2 heteroatoms. The molecule has 240 valence electrons. The lowest BCUT2D eigenvalue weighted by Crippen LogP contribution is -2.28. The van der Waals surface area contributed by atoms with Crippen molar-refractivity contribution in [3.8, 4) is 11.1 Å². The van der Waals surface area contributed by atoms with E-state index in [9.17, 15) is 0 Å². The topological polar surface area (TPSA) is 16.4 Å². The first-order chi connectivity index (χ1) is 24.7. The molecule has 2 nitrogen and oxygen atoms in total.